The molecule has 3 rings (SSSR count). The second-order valence-electron chi connectivity index (χ2n) is 7.43. The van der Waals surface area contributed by atoms with Crippen LogP contribution < -0.4 is 9.62 Å². The van der Waals surface area contributed by atoms with Crippen LogP contribution in [-0.4, -0.2) is 20.9 Å². The second-order valence-corrected chi connectivity index (χ2v) is 9.29. The number of anilines is 1. The molecule has 1 amide bonds. The molecular weight excluding hydrogens is 415 g/mol. The predicted molar refractivity (Wildman–Crippen MR) is 120 cm³/mol. The van der Waals surface area contributed by atoms with Crippen molar-refractivity contribution in [3.63, 3.8) is 0 Å². The van der Waals surface area contributed by atoms with E-state index in [0.717, 1.165) is 21.0 Å². The molecule has 1 atom stereocenters. The Bertz CT molecular complexity index is 1180. The monoisotopic (exact) mass is 440 g/mol. The summed E-state index contributed by atoms with van der Waals surface area (Å²) in [7, 11) is -4.15. The van der Waals surface area contributed by atoms with E-state index in [-0.39, 0.29) is 16.6 Å². The lowest BCUT2D eigenvalue weighted by Gasteiger charge is -2.25. The fourth-order valence-electron chi connectivity index (χ4n) is 3.40. The lowest BCUT2D eigenvalue weighted by atomic mass is 10.00. The molecule has 0 radical (unpaired) electrons. The van der Waals surface area contributed by atoms with E-state index < -0.39 is 28.3 Å². The van der Waals surface area contributed by atoms with Crippen molar-refractivity contribution in [1.29, 1.82) is 0 Å². The molecule has 0 saturated carbocycles. The van der Waals surface area contributed by atoms with Crippen molar-refractivity contribution >= 4 is 21.6 Å². The number of nitrogens with one attached hydrogen (secondary N) is 1. The molecule has 0 bridgehead atoms. The number of rotatable bonds is 7. The van der Waals surface area contributed by atoms with Gasteiger partial charge in [0.15, 0.2) is 0 Å². The van der Waals surface area contributed by atoms with Crippen molar-refractivity contribution in [2.75, 3.05) is 10.8 Å². The van der Waals surface area contributed by atoms with Crippen LogP contribution in [0.15, 0.2) is 77.7 Å². The van der Waals surface area contributed by atoms with Gasteiger partial charge in [-0.3, -0.25) is 9.10 Å². The summed E-state index contributed by atoms with van der Waals surface area (Å²) in [6, 6.07) is 18.8. The van der Waals surface area contributed by atoms with E-state index in [9.17, 15) is 17.6 Å². The minimum absolute atomic E-state index is 0.0198. The van der Waals surface area contributed by atoms with E-state index in [0.29, 0.717) is 0 Å². The van der Waals surface area contributed by atoms with Crippen LogP contribution in [0.4, 0.5) is 10.1 Å². The van der Waals surface area contributed by atoms with Gasteiger partial charge < -0.3 is 5.32 Å². The maximum atomic E-state index is 14.5. The average molecular weight is 441 g/mol. The molecule has 0 aromatic heterocycles. The highest BCUT2D eigenvalue weighted by Crippen LogP contribution is 2.26. The third kappa shape index (κ3) is 5.11. The number of hydrogen-bond acceptors (Lipinski definition) is 3. The Morgan fingerprint density at radius 1 is 1.00 bits per heavy atom. The van der Waals surface area contributed by atoms with Gasteiger partial charge in [0, 0.05) is 0 Å². The van der Waals surface area contributed by atoms with Crippen molar-refractivity contribution < 1.29 is 17.6 Å². The van der Waals surface area contributed by atoms with E-state index >= 15 is 0 Å². The van der Waals surface area contributed by atoms with Gasteiger partial charge in [-0.2, -0.15) is 0 Å². The van der Waals surface area contributed by atoms with E-state index in [1.54, 1.807) is 18.2 Å². The summed E-state index contributed by atoms with van der Waals surface area (Å²) in [5.74, 6) is -1.26. The summed E-state index contributed by atoms with van der Waals surface area (Å²) in [6.45, 7) is 5.19. The Hall–Kier alpha value is -3.19. The van der Waals surface area contributed by atoms with Crippen LogP contribution in [0.1, 0.15) is 29.7 Å². The fourth-order valence-corrected chi connectivity index (χ4v) is 4.84. The highest BCUT2D eigenvalue weighted by molar-refractivity contribution is 7.92. The van der Waals surface area contributed by atoms with Gasteiger partial charge in [0.1, 0.15) is 12.4 Å². The Kier molecular flexibility index (Phi) is 6.75. The summed E-state index contributed by atoms with van der Waals surface area (Å²) < 4.78 is 41.8. The van der Waals surface area contributed by atoms with Crippen LogP contribution >= 0.6 is 0 Å². The van der Waals surface area contributed by atoms with Crippen molar-refractivity contribution in [2.45, 2.75) is 31.7 Å². The Morgan fingerprint density at radius 3 is 2.32 bits per heavy atom. The molecule has 0 aliphatic rings. The summed E-state index contributed by atoms with van der Waals surface area (Å²) in [4.78, 5) is 12.8. The van der Waals surface area contributed by atoms with Gasteiger partial charge in [0.25, 0.3) is 10.0 Å². The number of sulfonamides is 1. The normalized spacial score (nSPS) is 12.3. The molecule has 5 nitrogen and oxygen atoms in total. The number of para-hydroxylation sites is 1. The van der Waals surface area contributed by atoms with Crippen molar-refractivity contribution in [3.8, 4) is 0 Å². The Morgan fingerprint density at radius 2 is 1.65 bits per heavy atom. The molecule has 1 N–H and O–H groups in total. The van der Waals surface area contributed by atoms with E-state index in [1.165, 1.54) is 36.4 Å². The summed E-state index contributed by atoms with van der Waals surface area (Å²) in [6.07, 6.45) is 0. The number of hydrogen-bond donors (Lipinski definition) is 1. The molecule has 0 aliphatic carbocycles. The van der Waals surface area contributed by atoms with Crippen LogP contribution in [-0.2, 0) is 14.8 Å². The number of amides is 1. The highest BCUT2D eigenvalue weighted by Gasteiger charge is 2.29. The van der Waals surface area contributed by atoms with Gasteiger partial charge in [-0.1, -0.05) is 54.1 Å². The fraction of sp³-hybridized carbons (Fsp3) is 0.208. The molecule has 0 spiro atoms. The first-order valence-corrected chi connectivity index (χ1v) is 11.3. The zero-order valence-corrected chi connectivity index (χ0v) is 18.5. The quantitative estimate of drug-likeness (QED) is 0.588. The predicted octanol–water partition coefficient (Wildman–Crippen LogP) is 4.52. The summed E-state index contributed by atoms with van der Waals surface area (Å²) in [5.41, 5.74) is 2.83. The number of benzene rings is 3. The highest BCUT2D eigenvalue weighted by atomic mass is 32.2. The van der Waals surface area contributed by atoms with Crippen LogP contribution in [0, 0.1) is 19.7 Å². The third-order valence-corrected chi connectivity index (χ3v) is 6.79. The largest absolute Gasteiger partial charge is 0.348 e. The van der Waals surface area contributed by atoms with Crippen molar-refractivity contribution in [2.24, 2.45) is 0 Å². The minimum atomic E-state index is -4.15. The molecular formula is C24H25FN2O3S. The third-order valence-electron chi connectivity index (χ3n) is 5.02. The molecule has 0 aliphatic heterocycles. The lowest BCUT2D eigenvalue weighted by Crippen LogP contribution is -2.42. The SMILES string of the molecule is Cc1ccc(C)c([C@@H](C)NC(=O)CN(c2ccccc2F)S(=O)(=O)c2ccccc2)c1. The van der Waals surface area contributed by atoms with E-state index in [1.807, 2.05) is 39.0 Å². The summed E-state index contributed by atoms with van der Waals surface area (Å²) in [5, 5.41) is 2.84. The van der Waals surface area contributed by atoms with Crippen molar-refractivity contribution in [3.05, 3.63) is 95.3 Å². The topological polar surface area (TPSA) is 66.5 Å². The molecule has 7 heteroatoms. The first-order valence-electron chi connectivity index (χ1n) is 9.89. The number of carbonyl (C=O) groups excluding carboxylic acids is 1. The Balaban J connectivity index is 1.91. The number of halogens is 1. The second kappa shape index (κ2) is 9.31. The molecule has 0 fully saturated rings. The van der Waals surface area contributed by atoms with E-state index in [4.69, 9.17) is 0 Å². The molecule has 0 unspecified atom stereocenters. The van der Waals surface area contributed by atoms with Gasteiger partial charge >= 0.3 is 0 Å². The first-order chi connectivity index (χ1) is 14.7. The number of carbonyl (C=O) groups is 1. The van der Waals surface area contributed by atoms with Gasteiger partial charge in [-0.05, 0) is 56.2 Å². The molecule has 3 aromatic rings. The van der Waals surface area contributed by atoms with Crippen LogP contribution in [0.5, 0.6) is 0 Å². The smallest absolute Gasteiger partial charge is 0.264 e. The van der Waals surface area contributed by atoms with Gasteiger partial charge in [0.05, 0.1) is 16.6 Å². The standard InChI is InChI=1S/C24H25FN2O3S/c1-17-13-14-18(2)21(15-17)19(3)26-24(28)16-27(23-12-8-7-11-22(23)25)31(29,30)20-9-5-4-6-10-20/h4-15,19H,16H2,1-3H3,(H,26,28)/t19-/m1/s1. The minimum Gasteiger partial charge on any atom is -0.348 e. The molecule has 162 valence electrons. The lowest BCUT2D eigenvalue weighted by molar-refractivity contribution is -0.120. The maximum Gasteiger partial charge on any atom is 0.264 e. The van der Waals surface area contributed by atoms with Gasteiger partial charge in [0.2, 0.25) is 5.91 Å². The Labute approximate surface area is 182 Å². The average Bonchev–Trinajstić information content (AvgIpc) is 2.75. The van der Waals surface area contributed by atoms with E-state index in [2.05, 4.69) is 5.32 Å². The molecule has 0 saturated heterocycles. The van der Waals surface area contributed by atoms with Crippen LogP contribution in [0.25, 0.3) is 0 Å². The number of nitrogens with zero attached hydrogens (tertiary/aromatic N) is 1. The zero-order valence-electron chi connectivity index (χ0n) is 17.7. The van der Waals surface area contributed by atoms with Gasteiger partial charge in [-0.25, -0.2) is 12.8 Å². The number of aryl methyl sites for hydroxylation is 2. The molecule has 31 heavy (non-hydrogen) atoms. The zero-order chi connectivity index (χ0) is 22.6. The van der Waals surface area contributed by atoms with Crippen LogP contribution in [0.2, 0.25) is 0 Å². The molecule has 3 aromatic carbocycles. The molecule has 0 heterocycles. The first kappa shape index (κ1) is 22.5. The summed E-state index contributed by atoms with van der Waals surface area (Å²) >= 11 is 0. The van der Waals surface area contributed by atoms with Crippen LogP contribution in [0.3, 0.4) is 0 Å². The van der Waals surface area contributed by atoms with Crippen molar-refractivity contribution in [1.82, 2.24) is 5.32 Å². The van der Waals surface area contributed by atoms with Gasteiger partial charge in [-0.15, -0.1) is 0 Å². The maximum absolute atomic E-state index is 14.5.